The molecule has 2 heterocycles. The summed E-state index contributed by atoms with van der Waals surface area (Å²) in [6.45, 7) is 4.12. The van der Waals surface area contributed by atoms with Gasteiger partial charge in [0.25, 0.3) is 0 Å². The monoisotopic (exact) mass is 456 g/mol. The maximum absolute atomic E-state index is 13.2. The van der Waals surface area contributed by atoms with Crippen molar-refractivity contribution in [1.29, 1.82) is 0 Å². The number of aliphatic hydroxyl groups excluding tert-OH is 1. The molecule has 172 valence electrons. The van der Waals surface area contributed by atoms with Gasteiger partial charge in [0.2, 0.25) is 0 Å². The smallest absolute Gasteiger partial charge is 0.344 e. The normalized spacial score (nSPS) is 20.5. The maximum atomic E-state index is 13.2. The maximum Gasteiger partial charge on any atom is 0.344 e. The van der Waals surface area contributed by atoms with E-state index in [1.165, 1.54) is 0 Å². The number of carbonyl (C=O) groups is 1. The van der Waals surface area contributed by atoms with Gasteiger partial charge < -0.3 is 19.4 Å². The van der Waals surface area contributed by atoms with Crippen LogP contribution in [0.5, 0.6) is 5.75 Å². The van der Waals surface area contributed by atoms with Crippen molar-refractivity contribution >= 4 is 16.9 Å². The van der Waals surface area contributed by atoms with Gasteiger partial charge >= 0.3 is 11.6 Å². The molecule has 3 aromatic rings. The summed E-state index contributed by atoms with van der Waals surface area (Å²) < 4.78 is 11.1. The fourth-order valence-electron chi connectivity index (χ4n) is 4.64. The van der Waals surface area contributed by atoms with E-state index in [9.17, 15) is 19.8 Å². The van der Waals surface area contributed by atoms with Crippen LogP contribution in [0.2, 0.25) is 0 Å². The van der Waals surface area contributed by atoms with E-state index < -0.39 is 29.5 Å². The van der Waals surface area contributed by atoms with Crippen molar-refractivity contribution in [3.8, 4) is 5.75 Å². The third-order valence-corrected chi connectivity index (χ3v) is 6.47. The lowest BCUT2D eigenvalue weighted by atomic mass is 9.79. The number of fused-ring (bicyclic) bond motifs is 2. The molecule has 2 N–H and O–H groups in total. The summed E-state index contributed by atoms with van der Waals surface area (Å²) in [4.78, 5) is 26.4. The molecule has 3 unspecified atom stereocenters. The molecule has 0 saturated heterocycles. The summed E-state index contributed by atoms with van der Waals surface area (Å²) in [6.07, 6.45) is 6.32. The third kappa shape index (κ3) is 3.52. The topological polar surface area (TPSA) is 97.0 Å². The molecule has 2 aliphatic rings. The van der Waals surface area contributed by atoms with Gasteiger partial charge in [0, 0.05) is 0 Å². The quantitative estimate of drug-likeness (QED) is 0.412. The Hall–Kier alpha value is -4.06. The van der Waals surface area contributed by atoms with Crippen LogP contribution in [0.3, 0.4) is 0 Å². The Bertz CT molecular complexity index is 1420. The molecule has 5 rings (SSSR count). The number of aromatic hydroxyl groups is 1. The molecule has 0 bridgehead atoms. The second kappa shape index (κ2) is 8.37. The van der Waals surface area contributed by atoms with Gasteiger partial charge in [0.05, 0.1) is 28.4 Å². The first-order valence-corrected chi connectivity index (χ1v) is 11.2. The highest BCUT2D eigenvalue weighted by molar-refractivity contribution is 5.94. The predicted molar refractivity (Wildman–Crippen MR) is 128 cm³/mol. The van der Waals surface area contributed by atoms with E-state index in [0.717, 1.165) is 5.56 Å². The Morgan fingerprint density at radius 1 is 0.882 bits per heavy atom. The number of hydrogen-bond donors (Lipinski definition) is 2. The number of hydrogen-bond acceptors (Lipinski definition) is 6. The third-order valence-electron chi connectivity index (χ3n) is 6.47. The Morgan fingerprint density at radius 3 is 2.29 bits per heavy atom. The number of benzene rings is 2. The summed E-state index contributed by atoms with van der Waals surface area (Å²) in [6, 6.07) is 14.0. The van der Waals surface area contributed by atoms with Gasteiger partial charge in [-0.25, -0.2) is 9.59 Å². The van der Waals surface area contributed by atoms with Crippen LogP contribution >= 0.6 is 0 Å². The van der Waals surface area contributed by atoms with Crippen molar-refractivity contribution in [2.75, 3.05) is 0 Å². The second-order valence-corrected chi connectivity index (χ2v) is 8.87. The first kappa shape index (κ1) is 21.8. The van der Waals surface area contributed by atoms with Crippen LogP contribution in [0, 0.1) is 5.92 Å². The molecular formula is C28H24O6. The molecule has 0 fully saturated rings. The van der Waals surface area contributed by atoms with Crippen molar-refractivity contribution < 1.29 is 24.2 Å². The van der Waals surface area contributed by atoms with Gasteiger partial charge in [-0.1, -0.05) is 68.5 Å². The van der Waals surface area contributed by atoms with E-state index >= 15 is 0 Å². The fourth-order valence-corrected chi connectivity index (χ4v) is 4.64. The van der Waals surface area contributed by atoms with E-state index in [2.05, 4.69) is 13.8 Å². The van der Waals surface area contributed by atoms with Crippen LogP contribution in [0.25, 0.3) is 11.0 Å². The van der Waals surface area contributed by atoms with Crippen LogP contribution in [0.1, 0.15) is 42.4 Å². The molecule has 2 aromatic carbocycles. The number of para-hydroxylation sites is 1. The van der Waals surface area contributed by atoms with Crippen molar-refractivity contribution in [3.05, 3.63) is 111 Å². The zero-order valence-corrected chi connectivity index (χ0v) is 18.8. The zero-order valence-electron chi connectivity index (χ0n) is 18.8. The second-order valence-electron chi connectivity index (χ2n) is 8.87. The van der Waals surface area contributed by atoms with Gasteiger partial charge in [-0.2, -0.15) is 0 Å². The Balaban J connectivity index is 1.78. The van der Waals surface area contributed by atoms with Crippen LogP contribution in [0.4, 0.5) is 0 Å². The largest absolute Gasteiger partial charge is 0.511 e. The molecule has 1 aromatic heterocycles. The Labute approximate surface area is 196 Å². The lowest BCUT2D eigenvalue weighted by Gasteiger charge is -2.33. The zero-order chi connectivity index (χ0) is 24.0. The van der Waals surface area contributed by atoms with Gasteiger partial charge in [-0.3, -0.25) is 0 Å². The standard InChI is InChI=1S/C28H24O6/c1-15(2)16-11-13-17(14-12-16)22(23-25(29)18-7-3-5-9-20(18)33-27(23)31)24-26(30)19-8-4-6-10-21(19)34-28(24)32/h3-15,18,20,22,29-30H,1-2H3. The number of rotatable bonds is 4. The van der Waals surface area contributed by atoms with Gasteiger partial charge in [-0.05, 0) is 35.3 Å². The van der Waals surface area contributed by atoms with Gasteiger partial charge in [0.1, 0.15) is 23.2 Å². The lowest BCUT2D eigenvalue weighted by Crippen LogP contribution is -2.36. The van der Waals surface area contributed by atoms with Crippen molar-refractivity contribution in [3.63, 3.8) is 0 Å². The molecule has 1 aliphatic carbocycles. The number of aliphatic hydroxyl groups is 1. The minimum atomic E-state index is -1.09. The molecule has 6 nitrogen and oxygen atoms in total. The summed E-state index contributed by atoms with van der Waals surface area (Å²) in [5.41, 5.74) is 0.854. The fraction of sp³-hybridized carbons (Fsp3) is 0.214. The molecule has 3 atom stereocenters. The van der Waals surface area contributed by atoms with Crippen molar-refractivity contribution in [2.45, 2.75) is 31.8 Å². The van der Waals surface area contributed by atoms with E-state index in [4.69, 9.17) is 9.15 Å². The molecular weight excluding hydrogens is 432 g/mol. The molecule has 6 heteroatoms. The molecule has 0 amide bonds. The van der Waals surface area contributed by atoms with E-state index in [-0.39, 0.29) is 34.1 Å². The Morgan fingerprint density at radius 2 is 1.56 bits per heavy atom. The first-order chi connectivity index (χ1) is 16.4. The van der Waals surface area contributed by atoms with Crippen LogP contribution in [-0.2, 0) is 9.53 Å². The number of allylic oxidation sites excluding steroid dienone is 2. The summed E-state index contributed by atoms with van der Waals surface area (Å²) in [7, 11) is 0. The van der Waals surface area contributed by atoms with Crippen LogP contribution < -0.4 is 5.63 Å². The number of esters is 1. The molecule has 34 heavy (non-hydrogen) atoms. The molecule has 0 spiro atoms. The molecule has 0 radical (unpaired) electrons. The van der Waals surface area contributed by atoms with Crippen molar-refractivity contribution in [1.82, 2.24) is 0 Å². The SMILES string of the molecule is CC(C)c1ccc(C(C2=C(O)C3C=CC=CC3OC2=O)c2c(O)c3ccccc3oc2=O)cc1. The van der Waals surface area contributed by atoms with Gasteiger partial charge in [0.15, 0.2) is 0 Å². The van der Waals surface area contributed by atoms with Crippen molar-refractivity contribution in [2.24, 2.45) is 5.92 Å². The highest BCUT2D eigenvalue weighted by Gasteiger charge is 2.42. The molecule has 0 saturated carbocycles. The average molecular weight is 456 g/mol. The van der Waals surface area contributed by atoms with Crippen LogP contribution in [-0.4, -0.2) is 22.3 Å². The number of ether oxygens (including phenoxy) is 1. The highest BCUT2D eigenvalue weighted by Crippen LogP contribution is 2.43. The summed E-state index contributed by atoms with van der Waals surface area (Å²) >= 11 is 0. The summed E-state index contributed by atoms with van der Waals surface area (Å²) in [5, 5.41) is 22.8. The minimum Gasteiger partial charge on any atom is -0.511 e. The molecule has 1 aliphatic heterocycles. The van der Waals surface area contributed by atoms with Crippen LogP contribution in [0.15, 0.2) is 93.4 Å². The van der Waals surface area contributed by atoms with Gasteiger partial charge in [-0.15, -0.1) is 0 Å². The highest BCUT2D eigenvalue weighted by atomic mass is 16.5. The number of carbonyl (C=O) groups excluding carboxylic acids is 1. The summed E-state index contributed by atoms with van der Waals surface area (Å²) in [5.74, 6) is -2.62. The average Bonchev–Trinajstić information content (AvgIpc) is 2.83. The Kier molecular flexibility index (Phi) is 5.36. The predicted octanol–water partition coefficient (Wildman–Crippen LogP) is 5.23. The minimum absolute atomic E-state index is 0.0867. The van der Waals surface area contributed by atoms with E-state index in [1.807, 2.05) is 12.1 Å². The van der Waals surface area contributed by atoms with E-state index in [1.54, 1.807) is 60.7 Å². The van der Waals surface area contributed by atoms with E-state index in [0.29, 0.717) is 10.9 Å². The lowest BCUT2D eigenvalue weighted by molar-refractivity contribution is -0.146. The first-order valence-electron chi connectivity index (χ1n) is 11.2.